The molecule has 1 heterocycles. The smallest absolute Gasteiger partial charge is 0.172 e. The first kappa shape index (κ1) is 17.5. The van der Waals surface area contributed by atoms with Crippen LogP contribution in [-0.2, 0) is 0 Å². The lowest BCUT2D eigenvalue weighted by molar-refractivity contribution is 0.0303. The molecule has 1 saturated heterocycles. The van der Waals surface area contributed by atoms with Gasteiger partial charge in [-0.05, 0) is 33.6 Å². The van der Waals surface area contributed by atoms with Gasteiger partial charge in [-0.25, -0.2) is 0 Å². The van der Waals surface area contributed by atoms with E-state index in [9.17, 15) is 10.2 Å². The van der Waals surface area contributed by atoms with Crippen molar-refractivity contribution in [1.29, 1.82) is 0 Å². The molecule has 0 saturated carbocycles. The fraction of sp³-hybridized carbons (Fsp3) is 0.625. The summed E-state index contributed by atoms with van der Waals surface area (Å²) in [5.74, 6) is 0.547. The molecule has 1 aliphatic heterocycles. The third-order valence-corrected chi connectivity index (χ3v) is 4.86. The highest BCUT2D eigenvalue weighted by atomic mass is 79.9. The van der Waals surface area contributed by atoms with Crippen LogP contribution in [0.3, 0.4) is 0 Å². The maximum absolute atomic E-state index is 10.0. The van der Waals surface area contributed by atoms with E-state index in [1.807, 2.05) is 12.1 Å². The average molecular weight is 373 g/mol. The first-order chi connectivity index (χ1) is 10.4. The topological polar surface area (TPSA) is 65.0 Å². The zero-order valence-electron chi connectivity index (χ0n) is 13.4. The lowest BCUT2D eigenvalue weighted by atomic mass is 9.79. The summed E-state index contributed by atoms with van der Waals surface area (Å²) < 4.78 is 5.88. The Morgan fingerprint density at radius 1 is 1.36 bits per heavy atom. The van der Waals surface area contributed by atoms with Crippen LogP contribution in [0.15, 0.2) is 16.6 Å². The van der Waals surface area contributed by atoms with E-state index in [1.54, 1.807) is 7.11 Å². The van der Waals surface area contributed by atoms with E-state index in [4.69, 9.17) is 4.74 Å². The molecule has 5 nitrogen and oxygen atoms in total. The molecule has 22 heavy (non-hydrogen) atoms. The molecule has 1 aliphatic rings. The molecule has 0 unspecified atom stereocenters. The number of rotatable bonds is 5. The molecule has 1 aromatic rings. The van der Waals surface area contributed by atoms with Gasteiger partial charge in [-0.2, -0.15) is 0 Å². The standard InChI is InChI=1S/C16H25BrN2O3/c1-16(2,10-20)15(19-6-4-18-5-7-19)11-8-12(17)14(21)13(9-11)22-3/h8-9,15,18,20-21H,4-7,10H2,1-3H3/t15-/m1/s1. The number of piperazine rings is 1. The Morgan fingerprint density at radius 2 is 2.00 bits per heavy atom. The van der Waals surface area contributed by atoms with Crippen LogP contribution in [0.1, 0.15) is 25.5 Å². The molecule has 0 aliphatic carbocycles. The number of halogens is 1. The number of hydrogen-bond acceptors (Lipinski definition) is 5. The Bertz CT molecular complexity index is 516. The molecule has 0 radical (unpaired) electrons. The van der Waals surface area contributed by atoms with Crippen molar-refractivity contribution in [2.75, 3.05) is 39.9 Å². The maximum Gasteiger partial charge on any atom is 0.172 e. The fourth-order valence-electron chi connectivity index (χ4n) is 3.09. The predicted molar refractivity (Wildman–Crippen MR) is 90.4 cm³/mol. The van der Waals surface area contributed by atoms with Gasteiger partial charge < -0.3 is 20.3 Å². The molecule has 2 rings (SSSR count). The molecule has 6 heteroatoms. The molecule has 0 spiro atoms. The van der Waals surface area contributed by atoms with E-state index in [-0.39, 0.29) is 23.8 Å². The Kier molecular flexibility index (Phi) is 5.71. The Labute approximate surface area is 140 Å². The Hall–Kier alpha value is -0.820. The molecular weight excluding hydrogens is 348 g/mol. The molecule has 0 amide bonds. The average Bonchev–Trinajstić information content (AvgIpc) is 2.51. The molecule has 0 bridgehead atoms. The number of phenolic OH excluding ortho intramolecular Hbond substituents is 1. The van der Waals surface area contributed by atoms with Crippen molar-refractivity contribution in [3.63, 3.8) is 0 Å². The van der Waals surface area contributed by atoms with Gasteiger partial charge in [-0.1, -0.05) is 13.8 Å². The second kappa shape index (κ2) is 7.17. The van der Waals surface area contributed by atoms with Crippen LogP contribution in [0.5, 0.6) is 11.5 Å². The number of methoxy groups -OCH3 is 1. The van der Waals surface area contributed by atoms with Gasteiger partial charge in [0.2, 0.25) is 0 Å². The lowest BCUT2D eigenvalue weighted by Gasteiger charge is -2.43. The number of phenols is 1. The SMILES string of the molecule is COc1cc([C@@H](N2CCNCC2)C(C)(C)CO)cc(Br)c1O. The summed E-state index contributed by atoms with van der Waals surface area (Å²) in [4.78, 5) is 2.38. The number of ether oxygens (including phenoxy) is 1. The van der Waals surface area contributed by atoms with Gasteiger partial charge in [-0.3, -0.25) is 4.90 Å². The van der Waals surface area contributed by atoms with E-state index in [2.05, 4.69) is 40.0 Å². The summed E-state index contributed by atoms with van der Waals surface area (Å²) in [7, 11) is 1.54. The molecule has 1 aromatic carbocycles. The monoisotopic (exact) mass is 372 g/mol. The quantitative estimate of drug-likeness (QED) is 0.738. The van der Waals surface area contributed by atoms with E-state index >= 15 is 0 Å². The van der Waals surface area contributed by atoms with Gasteiger partial charge >= 0.3 is 0 Å². The van der Waals surface area contributed by atoms with Crippen molar-refractivity contribution in [3.05, 3.63) is 22.2 Å². The molecule has 1 fully saturated rings. The van der Waals surface area contributed by atoms with E-state index < -0.39 is 0 Å². The third kappa shape index (κ3) is 3.56. The highest BCUT2D eigenvalue weighted by Gasteiger charge is 2.36. The number of nitrogens with zero attached hydrogens (tertiary/aromatic N) is 1. The molecule has 3 N–H and O–H groups in total. The van der Waals surface area contributed by atoms with Crippen molar-refractivity contribution in [2.24, 2.45) is 5.41 Å². The van der Waals surface area contributed by atoms with Crippen LogP contribution >= 0.6 is 15.9 Å². The fourth-order valence-corrected chi connectivity index (χ4v) is 3.55. The van der Waals surface area contributed by atoms with Gasteiger partial charge in [0.1, 0.15) is 0 Å². The third-order valence-electron chi connectivity index (χ3n) is 4.25. The van der Waals surface area contributed by atoms with Gasteiger partial charge in [0.05, 0.1) is 11.6 Å². The lowest BCUT2D eigenvalue weighted by Crippen LogP contribution is -2.49. The summed E-state index contributed by atoms with van der Waals surface area (Å²) in [6.07, 6.45) is 0. The molecular formula is C16H25BrN2O3. The summed E-state index contributed by atoms with van der Waals surface area (Å²) in [5.41, 5.74) is 0.723. The number of aromatic hydroxyl groups is 1. The molecule has 0 aromatic heterocycles. The molecule has 124 valence electrons. The Morgan fingerprint density at radius 3 is 2.55 bits per heavy atom. The van der Waals surface area contributed by atoms with E-state index in [1.165, 1.54) is 0 Å². The number of aliphatic hydroxyl groups is 1. The van der Waals surface area contributed by atoms with Crippen LogP contribution in [0.25, 0.3) is 0 Å². The van der Waals surface area contributed by atoms with E-state index in [0.717, 1.165) is 31.7 Å². The van der Waals surface area contributed by atoms with Gasteiger partial charge in [0.25, 0.3) is 0 Å². The van der Waals surface area contributed by atoms with Crippen LogP contribution < -0.4 is 10.1 Å². The van der Waals surface area contributed by atoms with Crippen LogP contribution in [0.2, 0.25) is 0 Å². The largest absolute Gasteiger partial charge is 0.503 e. The van der Waals surface area contributed by atoms with Gasteiger partial charge in [0, 0.05) is 44.2 Å². The van der Waals surface area contributed by atoms with Crippen molar-refractivity contribution in [2.45, 2.75) is 19.9 Å². The van der Waals surface area contributed by atoms with Crippen molar-refractivity contribution in [3.8, 4) is 11.5 Å². The number of nitrogens with one attached hydrogen (secondary N) is 1. The normalized spacial score (nSPS) is 18.2. The van der Waals surface area contributed by atoms with Gasteiger partial charge in [0.15, 0.2) is 11.5 Å². The summed E-state index contributed by atoms with van der Waals surface area (Å²) in [6.45, 7) is 7.94. The summed E-state index contributed by atoms with van der Waals surface area (Å²) in [6, 6.07) is 3.83. The van der Waals surface area contributed by atoms with E-state index in [0.29, 0.717) is 10.2 Å². The number of hydrogen-bond donors (Lipinski definition) is 3. The molecule has 1 atom stereocenters. The minimum Gasteiger partial charge on any atom is -0.503 e. The summed E-state index contributed by atoms with van der Waals surface area (Å²) in [5, 5.41) is 23.3. The van der Waals surface area contributed by atoms with Gasteiger partial charge in [-0.15, -0.1) is 0 Å². The second-order valence-corrected chi connectivity index (χ2v) is 7.24. The minimum atomic E-state index is -0.307. The second-order valence-electron chi connectivity index (χ2n) is 6.39. The van der Waals surface area contributed by atoms with Crippen molar-refractivity contribution >= 4 is 15.9 Å². The van der Waals surface area contributed by atoms with Crippen LogP contribution in [-0.4, -0.2) is 55.0 Å². The number of benzene rings is 1. The highest BCUT2D eigenvalue weighted by Crippen LogP contribution is 2.43. The first-order valence-electron chi connectivity index (χ1n) is 7.52. The number of aliphatic hydroxyl groups excluding tert-OH is 1. The van der Waals surface area contributed by atoms with Crippen LogP contribution in [0, 0.1) is 5.41 Å². The highest BCUT2D eigenvalue weighted by molar-refractivity contribution is 9.10. The zero-order valence-corrected chi connectivity index (χ0v) is 15.0. The predicted octanol–water partition coefficient (Wildman–Crippen LogP) is 2.13. The zero-order chi connectivity index (χ0) is 16.3. The van der Waals surface area contributed by atoms with Crippen molar-refractivity contribution in [1.82, 2.24) is 10.2 Å². The van der Waals surface area contributed by atoms with Crippen molar-refractivity contribution < 1.29 is 14.9 Å². The first-order valence-corrected chi connectivity index (χ1v) is 8.32. The minimum absolute atomic E-state index is 0.0467. The summed E-state index contributed by atoms with van der Waals surface area (Å²) >= 11 is 3.40. The van der Waals surface area contributed by atoms with Crippen LogP contribution in [0.4, 0.5) is 0 Å². The Balaban J connectivity index is 2.46. The maximum atomic E-state index is 10.0.